The Hall–Kier alpha value is -3.93. The smallest absolute Gasteiger partial charge is 0.262 e. The maximum Gasteiger partial charge on any atom is 0.262 e. The van der Waals surface area contributed by atoms with E-state index in [9.17, 15) is 9.59 Å². The van der Waals surface area contributed by atoms with E-state index in [1.54, 1.807) is 24.3 Å². The first-order chi connectivity index (χ1) is 15.0. The molecule has 6 nitrogen and oxygen atoms in total. The zero-order chi connectivity index (χ0) is 21.8. The largest absolute Gasteiger partial charge is 0.484 e. The molecule has 4 aromatic rings. The predicted octanol–water partition coefficient (Wildman–Crippen LogP) is 4.85. The second kappa shape index (κ2) is 8.83. The molecule has 31 heavy (non-hydrogen) atoms. The Labute approximate surface area is 180 Å². The molecule has 1 N–H and O–H groups in total. The Balaban J connectivity index is 1.37. The zero-order valence-corrected chi connectivity index (χ0v) is 17.5. The molecule has 156 valence electrons. The van der Waals surface area contributed by atoms with E-state index in [0.717, 1.165) is 22.4 Å². The Morgan fingerprint density at radius 2 is 1.68 bits per heavy atom. The predicted molar refractivity (Wildman–Crippen MR) is 121 cm³/mol. The van der Waals surface area contributed by atoms with E-state index >= 15 is 0 Å². The van der Waals surface area contributed by atoms with E-state index in [2.05, 4.69) is 9.88 Å². The summed E-state index contributed by atoms with van der Waals surface area (Å²) in [5.74, 6) is 1.22. The van der Waals surface area contributed by atoms with Crippen LogP contribution in [0.3, 0.4) is 0 Å². The summed E-state index contributed by atoms with van der Waals surface area (Å²) in [6.45, 7) is 1.70. The molecule has 0 bridgehead atoms. The van der Waals surface area contributed by atoms with Gasteiger partial charge in [-0.3, -0.25) is 9.59 Å². The van der Waals surface area contributed by atoms with E-state index < -0.39 is 0 Å². The van der Waals surface area contributed by atoms with Gasteiger partial charge in [0.05, 0.1) is 11.0 Å². The quantitative estimate of drug-likeness (QED) is 0.440. The number of Topliss-reactive ketones (excluding diaryl/α,β-unsaturated/α-hetero) is 1. The van der Waals surface area contributed by atoms with Crippen molar-refractivity contribution in [2.24, 2.45) is 7.05 Å². The monoisotopic (exact) mass is 413 g/mol. The number of rotatable bonds is 7. The third-order valence-electron chi connectivity index (χ3n) is 5.08. The van der Waals surface area contributed by atoms with Crippen molar-refractivity contribution in [3.63, 3.8) is 0 Å². The molecule has 4 rings (SSSR count). The number of aryl methyl sites for hydroxylation is 1. The van der Waals surface area contributed by atoms with Gasteiger partial charge in [0.1, 0.15) is 11.6 Å². The van der Waals surface area contributed by atoms with E-state index in [-0.39, 0.29) is 18.3 Å². The number of ketones is 1. The Morgan fingerprint density at radius 1 is 0.968 bits per heavy atom. The average Bonchev–Trinajstić information content (AvgIpc) is 3.14. The van der Waals surface area contributed by atoms with Crippen LogP contribution in [0, 0.1) is 0 Å². The highest BCUT2D eigenvalue weighted by atomic mass is 16.5. The number of nitrogens with one attached hydrogen (secondary N) is 1. The molecule has 0 radical (unpaired) electrons. The number of benzene rings is 3. The van der Waals surface area contributed by atoms with Gasteiger partial charge in [0, 0.05) is 30.3 Å². The number of hydrogen-bond acceptors (Lipinski definition) is 4. The van der Waals surface area contributed by atoms with Crippen molar-refractivity contribution in [3.8, 4) is 17.1 Å². The van der Waals surface area contributed by atoms with E-state index in [1.807, 2.05) is 62.5 Å². The topological polar surface area (TPSA) is 73.2 Å². The van der Waals surface area contributed by atoms with Crippen LogP contribution in [-0.4, -0.2) is 27.8 Å². The van der Waals surface area contributed by atoms with E-state index in [4.69, 9.17) is 9.72 Å². The van der Waals surface area contributed by atoms with Gasteiger partial charge in [0.2, 0.25) is 0 Å². The molecule has 0 aliphatic carbocycles. The van der Waals surface area contributed by atoms with E-state index in [0.29, 0.717) is 23.4 Å². The number of fused-ring (bicyclic) bond motifs is 1. The maximum absolute atomic E-state index is 12.2. The van der Waals surface area contributed by atoms with Crippen LogP contribution in [0.5, 0.6) is 5.75 Å². The molecule has 0 spiro atoms. The van der Waals surface area contributed by atoms with Crippen LogP contribution in [0.1, 0.15) is 23.7 Å². The summed E-state index contributed by atoms with van der Waals surface area (Å²) in [4.78, 5) is 28.6. The number of anilines is 1. The normalized spacial score (nSPS) is 10.8. The highest BCUT2D eigenvalue weighted by Gasteiger charge is 2.10. The molecular weight excluding hydrogens is 390 g/mol. The number of ether oxygens (including phenoxy) is 1. The zero-order valence-electron chi connectivity index (χ0n) is 17.5. The lowest BCUT2D eigenvalue weighted by atomic mass is 10.1. The number of imidazole rings is 1. The Morgan fingerprint density at radius 3 is 2.35 bits per heavy atom. The van der Waals surface area contributed by atoms with Crippen molar-refractivity contribution in [3.05, 3.63) is 78.4 Å². The number of amides is 1. The van der Waals surface area contributed by atoms with Gasteiger partial charge in [-0.1, -0.05) is 19.1 Å². The maximum atomic E-state index is 12.2. The number of nitrogens with zero attached hydrogens (tertiary/aromatic N) is 2. The standard InChI is InChI=1S/C25H23N3O3/c1-3-23(29)17-10-14-20(15-11-17)31-16-24(30)26-19-12-8-18(9-13-19)25-27-21-6-4-5-7-22(21)28(25)2/h4-15H,3,16H2,1-2H3,(H,26,30). The minimum absolute atomic E-state index is 0.0754. The van der Waals surface area contributed by atoms with Crippen LogP contribution in [-0.2, 0) is 11.8 Å². The molecule has 1 amide bonds. The van der Waals surface area contributed by atoms with Gasteiger partial charge < -0.3 is 14.6 Å². The summed E-state index contributed by atoms with van der Waals surface area (Å²) < 4.78 is 7.57. The summed E-state index contributed by atoms with van der Waals surface area (Å²) in [5, 5.41) is 2.83. The van der Waals surface area contributed by atoms with Gasteiger partial charge in [-0.05, 0) is 60.7 Å². The third kappa shape index (κ3) is 4.48. The van der Waals surface area contributed by atoms with Crippen LogP contribution in [0.4, 0.5) is 5.69 Å². The fourth-order valence-electron chi connectivity index (χ4n) is 3.39. The summed E-state index contributed by atoms with van der Waals surface area (Å²) in [5.41, 5.74) is 4.30. The third-order valence-corrected chi connectivity index (χ3v) is 5.08. The van der Waals surface area contributed by atoms with Crippen LogP contribution in [0.15, 0.2) is 72.8 Å². The summed E-state index contributed by atoms with van der Waals surface area (Å²) >= 11 is 0. The number of carbonyl (C=O) groups is 2. The Bertz CT molecular complexity index is 1230. The van der Waals surface area contributed by atoms with Gasteiger partial charge in [0.25, 0.3) is 5.91 Å². The summed E-state index contributed by atoms with van der Waals surface area (Å²) in [6, 6.07) is 22.4. The van der Waals surface area contributed by atoms with Crippen LogP contribution < -0.4 is 10.1 Å². The minimum atomic E-state index is -0.260. The van der Waals surface area contributed by atoms with E-state index in [1.165, 1.54) is 0 Å². The number of para-hydroxylation sites is 2. The molecule has 0 atom stereocenters. The van der Waals surface area contributed by atoms with Crippen LogP contribution in [0.25, 0.3) is 22.4 Å². The molecule has 1 heterocycles. The lowest BCUT2D eigenvalue weighted by Crippen LogP contribution is -2.20. The fourth-order valence-corrected chi connectivity index (χ4v) is 3.39. The molecule has 0 saturated carbocycles. The first-order valence-corrected chi connectivity index (χ1v) is 10.1. The lowest BCUT2D eigenvalue weighted by Gasteiger charge is -2.09. The molecule has 6 heteroatoms. The summed E-state index contributed by atoms with van der Waals surface area (Å²) in [7, 11) is 1.99. The highest BCUT2D eigenvalue weighted by Crippen LogP contribution is 2.24. The minimum Gasteiger partial charge on any atom is -0.484 e. The molecule has 0 unspecified atom stereocenters. The molecule has 0 fully saturated rings. The van der Waals surface area contributed by atoms with Crippen molar-refractivity contribution in [1.29, 1.82) is 0 Å². The molecule has 1 aromatic heterocycles. The number of carbonyl (C=O) groups excluding carboxylic acids is 2. The number of aromatic nitrogens is 2. The lowest BCUT2D eigenvalue weighted by molar-refractivity contribution is -0.118. The average molecular weight is 413 g/mol. The SMILES string of the molecule is CCC(=O)c1ccc(OCC(=O)Nc2ccc(-c3nc4ccccc4n3C)cc2)cc1. The molecular formula is C25H23N3O3. The molecule has 0 aliphatic rings. The van der Waals surface area contributed by atoms with Crippen molar-refractivity contribution in [2.45, 2.75) is 13.3 Å². The highest BCUT2D eigenvalue weighted by molar-refractivity contribution is 5.96. The van der Waals surface area contributed by atoms with Gasteiger partial charge in [-0.15, -0.1) is 0 Å². The van der Waals surface area contributed by atoms with Gasteiger partial charge in [-0.2, -0.15) is 0 Å². The Kier molecular flexibility index (Phi) is 5.80. The second-order valence-electron chi connectivity index (χ2n) is 7.20. The van der Waals surface area contributed by atoms with Crippen LogP contribution in [0.2, 0.25) is 0 Å². The fraction of sp³-hybridized carbons (Fsp3) is 0.160. The van der Waals surface area contributed by atoms with Gasteiger partial charge >= 0.3 is 0 Å². The van der Waals surface area contributed by atoms with Gasteiger partial charge in [-0.25, -0.2) is 4.98 Å². The summed E-state index contributed by atoms with van der Waals surface area (Å²) in [6.07, 6.45) is 0.456. The van der Waals surface area contributed by atoms with Crippen molar-refractivity contribution >= 4 is 28.4 Å². The van der Waals surface area contributed by atoms with Crippen molar-refractivity contribution in [2.75, 3.05) is 11.9 Å². The van der Waals surface area contributed by atoms with Crippen molar-refractivity contribution in [1.82, 2.24) is 9.55 Å². The molecule has 0 saturated heterocycles. The van der Waals surface area contributed by atoms with Crippen molar-refractivity contribution < 1.29 is 14.3 Å². The first kappa shape index (κ1) is 20.3. The number of hydrogen-bond donors (Lipinski definition) is 1. The molecule has 0 aliphatic heterocycles. The molecule has 3 aromatic carbocycles. The first-order valence-electron chi connectivity index (χ1n) is 10.1. The van der Waals surface area contributed by atoms with Gasteiger partial charge in [0.15, 0.2) is 12.4 Å². The van der Waals surface area contributed by atoms with Crippen LogP contribution >= 0.6 is 0 Å². The second-order valence-corrected chi connectivity index (χ2v) is 7.20.